The minimum Gasteiger partial charge on any atom is -0.457 e. The van der Waals surface area contributed by atoms with E-state index in [0.29, 0.717) is 29.4 Å². The van der Waals surface area contributed by atoms with Gasteiger partial charge >= 0.3 is 5.97 Å². The molecule has 0 bridgehead atoms. The third-order valence-corrected chi connectivity index (χ3v) is 4.50. The number of amides is 1. The molecule has 0 unspecified atom stereocenters. The van der Waals surface area contributed by atoms with Crippen molar-refractivity contribution in [1.82, 2.24) is 10.1 Å². The van der Waals surface area contributed by atoms with Crippen LogP contribution in [0.5, 0.6) is 0 Å². The van der Waals surface area contributed by atoms with Crippen LogP contribution in [0.3, 0.4) is 0 Å². The minimum absolute atomic E-state index is 0.0186. The lowest BCUT2D eigenvalue weighted by molar-refractivity contribution is -0.142. The van der Waals surface area contributed by atoms with Gasteiger partial charge in [-0.3, -0.25) is 14.4 Å². The quantitative estimate of drug-likeness (QED) is 0.414. The molecule has 1 aromatic heterocycles. The minimum atomic E-state index is -0.532. The Morgan fingerprint density at radius 3 is 2.42 bits per heavy atom. The summed E-state index contributed by atoms with van der Waals surface area (Å²) in [6.07, 6.45) is 0.607. The van der Waals surface area contributed by atoms with E-state index in [1.54, 1.807) is 31.2 Å². The second-order valence-electron chi connectivity index (χ2n) is 6.94. The van der Waals surface area contributed by atoms with Gasteiger partial charge in [0.2, 0.25) is 17.6 Å². The van der Waals surface area contributed by atoms with E-state index in [-0.39, 0.29) is 31.1 Å². The van der Waals surface area contributed by atoms with Crippen molar-refractivity contribution in [2.75, 3.05) is 11.9 Å². The number of nitrogens with zero attached hydrogens (tertiary/aromatic N) is 2. The van der Waals surface area contributed by atoms with Gasteiger partial charge in [0, 0.05) is 29.7 Å². The Kier molecular flexibility index (Phi) is 7.26. The molecule has 0 aliphatic carbocycles. The Bertz CT molecular complexity index is 1060. The maximum absolute atomic E-state index is 12.2. The summed E-state index contributed by atoms with van der Waals surface area (Å²) in [7, 11) is 0. The van der Waals surface area contributed by atoms with Gasteiger partial charge in [0.05, 0.1) is 6.42 Å². The Morgan fingerprint density at radius 2 is 1.74 bits per heavy atom. The zero-order chi connectivity index (χ0) is 22.2. The van der Waals surface area contributed by atoms with Crippen LogP contribution < -0.4 is 5.32 Å². The van der Waals surface area contributed by atoms with E-state index in [1.165, 1.54) is 0 Å². The molecule has 1 amide bonds. The molecule has 0 atom stereocenters. The number of ketones is 1. The molecule has 2 aromatic carbocycles. The van der Waals surface area contributed by atoms with Gasteiger partial charge in [-0.2, -0.15) is 4.98 Å². The van der Waals surface area contributed by atoms with Crippen LogP contribution in [-0.4, -0.2) is 34.4 Å². The number of nitrogens with one attached hydrogen (secondary N) is 1. The second-order valence-corrected chi connectivity index (χ2v) is 6.94. The van der Waals surface area contributed by atoms with E-state index in [2.05, 4.69) is 15.5 Å². The zero-order valence-electron chi connectivity index (χ0n) is 17.4. The molecule has 1 N–H and O–H groups in total. The Labute approximate surface area is 179 Å². The summed E-state index contributed by atoms with van der Waals surface area (Å²) in [4.78, 5) is 39.8. The summed E-state index contributed by atoms with van der Waals surface area (Å²) in [6, 6.07) is 14.1. The molecule has 0 saturated heterocycles. The van der Waals surface area contributed by atoms with E-state index in [9.17, 15) is 14.4 Å². The average Bonchev–Trinajstić information content (AvgIpc) is 3.26. The Morgan fingerprint density at radius 1 is 1.03 bits per heavy atom. The number of ether oxygens (including phenoxy) is 1. The van der Waals surface area contributed by atoms with Crippen LogP contribution in [0.25, 0.3) is 11.4 Å². The van der Waals surface area contributed by atoms with Crippen molar-refractivity contribution in [3.63, 3.8) is 0 Å². The first kappa shape index (κ1) is 21.9. The van der Waals surface area contributed by atoms with Gasteiger partial charge in [-0.15, -0.1) is 0 Å². The Hall–Kier alpha value is -3.81. The van der Waals surface area contributed by atoms with Gasteiger partial charge in [0.1, 0.15) is 0 Å². The molecular weight excluding hydrogens is 398 g/mol. The lowest BCUT2D eigenvalue weighted by Gasteiger charge is -2.06. The summed E-state index contributed by atoms with van der Waals surface area (Å²) in [5.41, 5.74) is 2.95. The summed E-state index contributed by atoms with van der Waals surface area (Å²) >= 11 is 0. The predicted octanol–water partition coefficient (Wildman–Crippen LogP) is 3.75. The predicted molar refractivity (Wildman–Crippen MR) is 113 cm³/mol. The number of carbonyl (C=O) groups excluding carboxylic acids is 3. The molecule has 8 nitrogen and oxygen atoms in total. The van der Waals surface area contributed by atoms with E-state index < -0.39 is 5.97 Å². The van der Waals surface area contributed by atoms with Crippen molar-refractivity contribution in [2.45, 2.75) is 33.1 Å². The van der Waals surface area contributed by atoms with Crippen molar-refractivity contribution < 1.29 is 23.6 Å². The molecule has 0 fully saturated rings. The largest absolute Gasteiger partial charge is 0.457 e. The summed E-state index contributed by atoms with van der Waals surface area (Å²) in [5, 5.41) is 6.62. The lowest BCUT2D eigenvalue weighted by Crippen LogP contribution is -2.15. The highest BCUT2D eigenvalue weighted by atomic mass is 16.5. The number of anilines is 1. The number of benzene rings is 2. The average molecular weight is 421 g/mol. The van der Waals surface area contributed by atoms with Crippen LogP contribution in [0.15, 0.2) is 53.1 Å². The van der Waals surface area contributed by atoms with Crippen LogP contribution in [0.1, 0.15) is 41.6 Å². The van der Waals surface area contributed by atoms with Gasteiger partial charge in [-0.1, -0.05) is 41.9 Å². The molecule has 160 valence electrons. The summed E-state index contributed by atoms with van der Waals surface area (Å²) < 4.78 is 10.2. The topological polar surface area (TPSA) is 111 Å². The van der Waals surface area contributed by atoms with E-state index in [4.69, 9.17) is 9.26 Å². The molecule has 1 heterocycles. The van der Waals surface area contributed by atoms with Crippen LogP contribution in [0.4, 0.5) is 5.69 Å². The van der Waals surface area contributed by atoms with Crippen molar-refractivity contribution >= 4 is 23.3 Å². The number of rotatable bonds is 9. The molecule has 3 aromatic rings. The van der Waals surface area contributed by atoms with Crippen LogP contribution in [0, 0.1) is 6.92 Å². The first-order chi connectivity index (χ1) is 14.9. The third-order valence-electron chi connectivity index (χ3n) is 4.50. The smallest absolute Gasteiger partial charge is 0.306 e. The number of hydrogen-bond donors (Lipinski definition) is 1. The molecule has 3 rings (SSSR count). The van der Waals surface area contributed by atoms with Crippen molar-refractivity contribution in [1.29, 1.82) is 0 Å². The fourth-order valence-corrected chi connectivity index (χ4v) is 2.68. The van der Waals surface area contributed by atoms with Gasteiger partial charge in [-0.05, 0) is 31.2 Å². The standard InChI is InChI=1S/C23H23N3O5/c1-3-20(28)24-18-10-8-16(9-11-18)19(27)14-30-22(29)13-12-21-25-23(26-31-21)17-6-4-15(2)5-7-17/h4-11H,3,12-14H2,1-2H3,(H,24,28). The maximum Gasteiger partial charge on any atom is 0.306 e. The molecule has 8 heteroatoms. The third kappa shape index (κ3) is 6.33. The maximum atomic E-state index is 12.2. The van der Waals surface area contributed by atoms with Crippen LogP contribution in [0.2, 0.25) is 0 Å². The van der Waals surface area contributed by atoms with Gasteiger partial charge in [0.25, 0.3) is 0 Å². The number of carbonyl (C=O) groups is 3. The number of esters is 1. The van der Waals surface area contributed by atoms with E-state index in [1.807, 2.05) is 31.2 Å². The number of hydrogen-bond acceptors (Lipinski definition) is 7. The highest BCUT2D eigenvalue weighted by Gasteiger charge is 2.14. The number of Topliss-reactive ketones (excluding diaryl/α,β-unsaturated/α-hetero) is 1. The highest BCUT2D eigenvalue weighted by Crippen LogP contribution is 2.17. The fraction of sp³-hybridized carbons (Fsp3) is 0.261. The van der Waals surface area contributed by atoms with E-state index >= 15 is 0 Å². The molecule has 31 heavy (non-hydrogen) atoms. The molecule has 0 spiro atoms. The van der Waals surface area contributed by atoms with E-state index in [0.717, 1.165) is 11.1 Å². The lowest BCUT2D eigenvalue weighted by atomic mass is 10.1. The van der Waals surface area contributed by atoms with Crippen LogP contribution in [-0.2, 0) is 20.7 Å². The molecular formula is C23H23N3O5. The molecule has 0 aliphatic heterocycles. The highest BCUT2D eigenvalue weighted by molar-refractivity contribution is 5.98. The SMILES string of the molecule is CCC(=O)Nc1ccc(C(=O)COC(=O)CCc2nc(-c3ccc(C)cc3)no2)cc1. The van der Waals surface area contributed by atoms with Gasteiger partial charge in [-0.25, -0.2) is 0 Å². The van der Waals surface area contributed by atoms with Crippen LogP contribution >= 0.6 is 0 Å². The Balaban J connectivity index is 1.44. The van der Waals surface area contributed by atoms with Gasteiger partial charge in [0.15, 0.2) is 12.4 Å². The van der Waals surface area contributed by atoms with Crippen molar-refractivity contribution in [3.8, 4) is 11.4 Å². The first-order valence-electron chi connectivity index (χ1n) is 9.93. The summed E-state index contributed by atoms with van der Waals surface area (Å²) in [6.45, 7) is 3.38. The van der Waals surface area contributed by atoms with Crippen molar-refractivity contribution in [2.24, 2.45) is 0 Å². The monoisotopic (exact) mass is 421 g/mol. The molecule has 0 saturated carbocycles. The zero-order valence-corrected chi connectivity index (χ0v) is 17.4. The first-order valence-corrected chi connectivity index (χ1v) is 9.93. The summed E-state index contributed by atoms with van der Waals surface area (Å²) in [5.74, 6) is -0.197. The molecule has 0 aliphatic rings. The fourth-order valence-electron chi connectivity index (χ4n) is 2.68. The van der Waals surface area contributed by atoms with Gasteiger partial charge < -0.3 is 14.6 Å². The number of aryl methyl sites for hydroxylation is 2. The number of aromatic nitrogens is 2. The second kappa shape index (κ2) is 10.3. The van der Waals surface area contributed by atoms with Crippen molar-refractivity contribution in [3.05, 3.63) is 65.5 Å². The molecule has 0 radical (unpaired) electrons. The normalized spacial score (nSPS) is 10.5.